The van der Waals surface area contributed by atoms with Crippen molar-refractivity contribution in [2.45, 2.75) is 43.6 Å². The van der Waals surface area contributed by atoms with Crippen LogP contribution >= 0.6 is 11.6 Å². The third-order valence-electron chi connectivity index (χ3n) is 5.52. The lowest BCUT2D eigenvalue weighted by atomic mass is 9.41. The molecule has 0 heterocycles. The first kappa shape index (κ1) is 19.7. The molecule has 29 heavy (non-hydrogen) atoms. The molecule has 7 heteroatoms. The Balaban J connectivity index is 1.35. The smallest absolute Gasteiger partial charge is 0.258 e. The van der Waals surface area contributed by atoms with Crippen LogP contribution in [0.5, 0.6) is 5.75 Å². The van der Waals surface area contributed by atoms with Gasteiger partial charge in [-0.2, -0.15) is 0 Å². The zero-order valence-electron chi connectivity index (χ0n) is 16.1. The van der Waals surface area contributed by atoms with Crippen LogP contribution in [0.15, 0.2) is 54.6 Å². The first-order valence-electron chi connectivity index (χ1n) is 9.55. The normalized spacial score (nSPS) is 26.6. The molecule has 3 aliphatic carbocycles. The third kappa shape index (κ3) is 3.95. The van der Waals surface area contributed by atoms with Gasteiger partial charge in [0.25, 0.3) is 5.91 Å². The minimum absolute atomic E-state index is 0.0935. The van der Waals surface area contributed by atoms with Crippen molar-refractivity contribution in [1.82, 2.24) is 10.6 Å². The molecular formula is C22H23ClN2O4. The summed E-state index contributed by atoms with van der Waals surface area (Å²) in [4.78, 5) is 24.1. The van der Waals surface area contributed by atoms with E-state index < -0.39 is 11.1 Å². The summed E-state index contributed by atoms with van der Waals surface area (Å²) < 4.78 is 11.7. The van der Waals surface area contributed by atoms with Gasteiger partial charge in [-0.05, 0) is 42.7 Å². The van der Waals surface area contributed by atoms with Crippen LogP contribution in [0.4, 0.5) is 0 Å². The number of hydrogen-bond donors (Lipinski definition) is 2. The van der Waals surface area contributed by atoms with E-state index in [1.54, 1.807) is 24.3 Å². The number of ether oxygens (including phenoxy) is 2. The number of benzene rings is 2. The Kier molecular flexibility index (Phi) is 5.23. The minimum Gasteiger partial charge on any atom is -0.484 e. The van der Waals surface area contributed by atoms with Crippen molar-refractivity contribution < 1.29 is 19.1 Å². The lowest BCUT2D eigenvalue weighted by molar-refractivity contribution is -0.250. The van der Waals surface area contributed by atoms with E-state index in [9.17, 15) is 9.59 Å². The second-order valence-electron chi connectivity index (χ2n) is 7.81. The number of amides is 2. The van der Waals surface area contributed by atoms with Gasteiger partial charge in [-0.15, -0.1) is 0 Å². The third-order valence-corrected chi connectivity index (χ3v) is 5.77. The molecule has 0 saturated heterocycles. The Morgan fingerprint density at radius 1 is 1.03 bits per heavy atom. The molecule has 2 aromatic rings. The van der Waals surface area contributed by atoms with Crippen molar-refractivity contribution in [2.75, 3.05) is 6.61 Å². The lowest BCUT2D eigenvalue weighted by Crippen LogP contribution is -2.93. The molecule has 152 valence electrons. The predicted molar refractivity (Wildman–Crippen MR) is 109 cm³/mol. The minimum atomic E-state index is -0.461. The van der Waals surface area contributed by atoms with E-state index in [2.05, 4.69) is 10.6 Å². The molecule has 3 saturated carbocycles. The van der Waals surface area contributed by atoms with Crippen molar-refractivity contribution in [2.24, 2.45) is 0 Å². The quantitative estimate of drug-likeness (QED) is 0.696. The van der Waals surface area contributed by atoms with Crippen molar-refractivity contribution in [3.63, 3.8) is 0 Å². The first-order valence-corrected chi connectivity index (χ1v) is 9.92. The second kappa shape index (κ2) is 7.69. The summed E-state index contributed by atoms with van der Waals surface area (Å²) in [6.45, 7) is 1.83. The van der Waals surface area contributed by atoms with E-state index in [1.807, 2.05) is 30.3 Å². The Morgan fingerprint density at radius 2 is 1.69 bits per heavy atom. The van der Waals surface area contributed by atoms with Crippen LogP contribution in [0, 0.1) is 0 Å². The molecule has 0 aromatic heterocycles. The van der Waals surface area contributed by atoms with Gasteiger partial charge in [0.1, 0.15) is 11.9 Å². The highest BCUT2D eigenvalue weighted by atomic mass is 35.5. The summed E-state index contributed by atoms with van der Waals surface area (Å²) >= 11 is 5.85. The first-order chi connectivity index (χ1) is 13.9. The molecule has 1 unspecified atom stereocenters. The summed E-state index contributed by atoms with van der Waals surface area (Å²) in [6, 6.07) is 16.7. The van der Waals surface area contributed by atoms with Crippen LogP contribution in [0.1, 0.15) is 25.3 Å². The summed E-state index contributed by atoms with van der Waals surface area (Å²) in [7, 11) is 0. The molecule has 3 fully saturated rings. The number of carbonyl (C=O) groups is 2. The van der Waals surface area contributed by atoms with Crippen molar-refractivity contribution in [1.29, 1.82) is 0 Å². The van der Waals surface area contributed by atoms with Crippen LogP contribution in [0.25, 0.3) is 0 Å². The van der Waals surface area contributed by atoms with Gasteiger partial charge in [0.05, 0.1) is 17.7 Å². The van der Waals surface area contributed by atoms with Crippen molar-refractivity contribution in [3.8, 4) is 5.75 Å². The maximum atomic E-state index is 12.5. The fourth-order valence-electron chi connectivity index (χ4n) is 4.44. The fourth-order valence-corrected chi connectivity index (χ4v) is 4.56. The van der Waals surface area contributed by atoms with Gasteiger partial charge in [0.15, 0.2) is 6.61 Å². The van der Waals surface area contributed by atoms with Crippen LogP contribution < -0.4 is 15.4 Å². The van der Waals surface area contributed by atoms with E-state index in [4.69, 9.17) is 21.1 Å². The molecule has 2 aromatic carbocycles. The monoisotopic (exact) mass is 414 g/mol. The molecule has 5 rings (SSSR count). The van der Waals surface area contributed by atoms with E-state index in [0.717, 1.165) is 5.56 Å². The van der Waals surface area contributed by atoms with Crippen LogP contribution in [0.3, 0.4) is 0 Å². The average molecular weight is 415 g/mol. The molecule has 2 bridgehead atoms. The maximum absolute atomic E-state index is 12.5. The molecule has 1 atom stereocenters. The summed E-state index contributed by atoms with van der Waals surface area (Å²) in [6.07, 6.45) is 1.05. The van der Waals surface area contributed by atoms with Crippen molar-refractivity contribution >= 4 is 23.4 Å². The topological polar surface area (TPSA) is 76.7 Å². The maximum Gasteiger partial charge on any atom is 0.258 e. The molecule has 2 amide bonds. The highest BCUT2D eigenvalue weighted by Gasteiger charge is 2.78. The van der Waals surface area contributed by atoms with Gasteiger partial charge in [0.2, 0.25) is 5.91 Å². The summed E-state index contributed by atoms with van der Waals surface area (Å²) in [5, 5.41) is 6.68. The van der Waals surface area contributed by atoms with Crippen LogP contribution in [-0.2, 0) is 20.9 Å². The number of rotatable bonds is 8. The zero-order chi connectivity index (χ0) is 20.5. The van der Waals surface area contributed by atoms with Gasteiger partial charge in [-0.25, -0.2) is 0 Å². The second-order valence-corrected chi connectivity index (χ2v) is 8.25. The average Bonchev–Trinajstić information content (AvgIpc) is 2.66. The molecular weight excluding hydrogens is 392 g/mol. The summed E-state index contributed by atoms with van der Waals surface area (Å²) in [5.41, 5.74) is 0.187. The van der Waals surface area contributed by atoms with Crippen molar-refractivity contribution in [3.05, 3.63) is 65.2 Å². The summed E-state index contributed by atoms with van der Waals surface area (Å²) in [5.74, 6) is 0.266. The predicted octanol–water partition coefficient (Wildman–Crippen LogP) is 2.84. The number of hydrogen-bond acceptors (Lipinski definition) is 4. The SMILES string of the molecule is CC(=O)NC12CC(NC(=O)COc3ccc(Cl)cc3)(C1)C2OCc1ccccc1. The Bertz CT molecular complexity index is 895. The molecule has 3 aliphatic rings. The van der Waals surface area contributed by atoms with Gasteiger partial charge in [0, 0.05) is 11.9 Å². The number of carbonyl (C=O) groups excluding carboxylic acids is 2. The standard InChI is InChI=1S/C22H23ClN2O4/c1-15(26)24-21-13-22(14-21,20(21)29-11-16-5-3-2-4-6-16)25-19(27)12-28-18-9-7-17(23)8-10-18/h2-10,20H,11-14H2,1H3,(H,24,26)(H,25,27). The Labute approximate surface area is 174 Å². The van der Waals surface area contributed by atoms with Gasteiger partial charge in [-0.1, -0.05) is 41.9 Å². The number of nitrogens with one attached hydrogen (secondary N) is 2. The van der Waals surface area contributed by atoms with Crippen LogP contribution in [0.2, 0.25) is 5.02 Å². The van der Waals surface area contributed by atoms with E-state index >= 15 is 0 Å². The van der Waals surface area contributed by atoms with Crippen LogP contribution in [-0.4, -0.2) is 35.6 Å². The highest BCUT2D eigenvalue weighted by molar-refractivity contribution is 6.30. The van der Waals surface area contributed by atoms with Gasteiger partial charge < -0.3 is 20.1 Å². The molecule has 0 radical (unpaired) electrons. The molecule has 0 aliphatic heterocycles. The Morgan fingerprint density at radius 3 is 2.34 bits per heavy atom. The van der Waals surface area contributed by atoms with Gasteiger partial charge in [-0.3, -0.25) is 9.59 Å². The fraction of sp³-hybridized carbons (Fsp3) is 0.364. The largest absolute Gasteiger partial charge is 0.484 e. The van der Waals surface area contributed by atoms with E-state index in [0.29, 0.717) is 30.2 Å². The lowest BCUT2D eigenvalue weighted by Gasteiger charge is -2.74. The van der Waals surface area contributed by atoms with Gasteiger partial charge >= 0.3 is 0 Å². The number of halogens is 1. The zero-order valence-corrected chi connectivity index (χ0v) is 16.9. The van der Waals surface area contributed by atoms with E-state index in [-0.39, 0.29) is 24.5 Å². The molecule has 6 nitrogen and oxygen atoms in total. The Hall–Kier alpha value is -2.57. The molecule has 0 spiro atoms. The molecule has 2 N–H and O–H groups in total. The highest BCUT2D eigenvalue weighted by Crippen LogP contribution is 2.62. The van der Waals surface area contributed by atoms with E-state index in [1.165, 1.54) is 6.92 Å².